The van der Waals surface area contributed by atoms with Gasteiger partial charge in [0.05, 0.1) is 5.52 Å². The van der Waals surface area contributed by atoms with Crippen molar-refractivity contribution in [1.29, 1.82) is 0 Å². The molecule has 0 saturated carbocycles. The van der Waals surface area contributed by atoms with E-state index in [1.54, 1.807) is 6.07 Å². The number of hydrogen-bond donors (Lipinski definition) is 0. The smallest absolute Gasteiger partial charge is 0.218 e. The number of fused-ring (bicyclic) bond motifs is 1. The third-order valence-electron chi connectivity index (χ3n) is 1.71. The number of aromatic nitrogens is 2. The summed E-state index contributed by atoms with van der Waals surface area (Å²) in [6.07, 6.45) is 0. The Kier molecular flexibility index (Phi) is 2.31. The molecule has 0 bridgehead atoms. The Morgan fingerprint density at radius 3 is 2.71 bits per heavy atom. The summed E-state index contributed by atoms with van der Waals surface area (Å²) < 4.78 is 0. The number of rotatable bonds is 1. The first-order valence-electron chi connectivity index (χ1n) is 3.67. The van der Waals surface area contributed by atoms with Crippen molar-refractivity contribution < 1.29 is 0 Å². The van der Waals surface area contributed by atoms with E-state index in [-0.39, 0.29) is 16.1 Å². The maximum absolute atomic E-state index is 10.3. The summed E-state index contributed by atoms with van der Waals surface area (Å²) in [4.78, 5) is 18.0. The zero-order valence-corrected chi connectivity index (χ0v) is 8.25. The quantitative estimate of drug-likeness (QED) is 0.427. The van der Waals surface area contributed by atoms with E-state index in [1.165, 1.54) is 12.1 Å². The predicted octanol–water partition coefficient (Wildman–Crippen LogP) is 3.33. The van der Waals surface area contributed by atoms with E-state index >= 15 is 0 Å². The zero-order valence-electron chi connectivity index (χ0n) is 6.74. The number of nitroso groups, excluding NO2 is 1. The van der Waals surface area contributed by atoms with Crippen LogP contribution in [0.3, 0.4) is 0 Å². The molecule has 0 aliphatic heterocycles. The molecule has 0 unspecified atom stereocenters. The Morgan fingerprint density at radius 1 is 1.21 bits per heavy atom. The molecule has 0 amide bonds. The minimum absolute atomic E-state index is 0.0781. The van der Waals surface area contributed by atoms with Gasteiger partial charge < -0.3 is 0 Å². The van der Waals surface area contributed by atoms with Crippen LogP contribution >= 0.6 is 23.2 Å². The highest BCUT2D eigenvalue weighted by Crippen LogP contribution is 2.25. The first kappa shape index (κ1) is 9.30. The van der Waals surface area contributed by atoms with Gasteiger partial charge in [0.15, 0.2) is 0 Å². The van der Waals surface area contributed by atoms with E-state index in [1.807, 2.05) is 0 Å². The van der Waals surface area contributed by atoms with Crippen molar-refractivity contribution in [3.63, 3.8) is 0 Å². The molecule has 70 valence electrons. The van der Waals surface area contributed by atoms with E-state index in [9.17, 15) is 4.91 Å². The Hall–Kier alpha value is -1.26. The predicted molar refractivity (Wildman–Crippen MR) is 55.0 cm³/mol. The van der Waals surface area contributed by atoms with Crippen LogP contribution in [-0.2, 0) is 0 Å². The Morgan fingerprint density at radius 2 is 2.00 bits per heavy atom. The van der Waals surface area contributed by atoms with Gasteiger partial charge in [-0.05, 0) is 35.0 Å². The van der Waals surface area contributed by atoms with Gasteiger partial charge in [-0.25, -0.2) is 9.97 Å². The molecular formula is C8H3Cl2N3O. The van der Waals surface area contributed by atoms with Gasteiger partial charge in [0.1, 0.15) is 10.8 Å². The highest BCUT2D eigenvalue weighted by molar-refractivity contribution is 6.35. The molecule has 0 aliphatic rings. The molecule has 1 heterocycles. The van der Waals surface area contributed by atoms with Crippen LogP contribution in [0.4, 0.5) is 5.69 Å². The van der Waals surface area contributed by atoms with Crippen LogP contribution in [0.25, 0.3) is 10.9 Å². The maximum atomic E-state index is 10.3. The fourth-order valence-electron chi connectivity index (χ4n) is 1.11. The molecule has 0 radical (unpaired) electrons. The lowest BCUT2D eigenvalue weighted by Gasteiger charge is -1.99. The molecule has 1 aromatic carbocycles. The van der Waals surface area contributed by atoms with Crippen LogP contribution < -0.4 is 0 Å². The van der Waals surface area contributed by atoms with Crippen molar-refractivity contribution in [3.8, 4) is 0 Å². The van der Waals surface area contributed by atoms with E-state index in [2.05, 4.69) is 15.1 Å². The van der Waals surface area contributed by atoms with Gasteiger partial charge >= 0.3 is 0 Å². The highest BCUT2D eigenvalue weighted by atomic mass is 35.5. The molecule has 1 aromatic heterocycles. The van der Waals surface area contributed by atoms with E-state index in [4.69, 9.17) is 23.2 Å². The topological polar surface area (TPSA) is 55.2 Å². The summed E-state index contributed by atoms with van der Waals surface area (Å²) in [7, 11) is 0. The molecule has 2 rings (SSSR count). The van der Waals surface area contributed by atoms with Gasteiger partial charge in [-0.2, -0.15) is 0 Å². The molecule has 0 spiro atoms. The molecule has 0 aliphatic carbocycles. The Labute approximate surface area is 88.9 Å². The van der Waals surface area contributed by atoms with Crippen LogP contribution in [-0.4, -0.2) is 9.97 Å². The minimum atomic E-state index is 0.0781. The normalized spacial score (nSPS) is 10.4. The first-order chi connectivity index (χ1) is 6.70. The third kappa shape index (κ3) is 1.54. The van der Waals surface area contributed by atoms with Crippen LogP contribution in [0.2, 0.25) is 10.4 Å². The number of nitrogens with zero attached hydrogens (tertiary/aromatic N) is 3. The van der Waals surface area contributed by atoms with Gasteiger partial charge in [-0.15, -0.1) is 4.91 Å². The molecule has 0 atom stereocenters. The fraction of sp³-hybridized carbons (Fsp3) is 0. The van der Waals surface area contributed by atoms with Crippen molar-refractivity contribution in [2.75, 3.05) is 0 Å². The summed E-state index contributed by atoms with van der Waals surface area (Å²) in [6.45, 7) is 0. The molecule has 0 fully saturated rings. The standard InChI is InChI=1S/C8H3Cl2N3O/c9-7-5-3-4(13-14)1-2-6(5)11-8(10)12-7/h1-3H. The Bertz CT molecular complexity index is 515. The minimum Gasteiger partial charge on any atom is -0.218 e. The van der Waals surface area contributed by atoms with Gasteiger partial charge in [-0.3, -0.25) is 0 Å². The molecule has 0 saturated heterocycles. The zero-order chi connectivity index (χ0) is 10.1. The largest absolute Gasteiger partial charge is 0.224 e. The van der Waals surface area contributed by atoms with Gasteiger partial charge in [0.25, 0.3) is 0 Å². The second-order valence-electron chi connectivity index (χ2n) is 2.58. The molecular weight excluding hydrogens is 225 g/mol. The van der Waals surface area contributed by atoms with Crippen LogP contribution in [0.5, 0.6) is 0 Å². The fourth-order valence-corrected chi connectivity index (χ4v) is 1.56. The highest BCUT2D eigenvalue weighted by Gasteiger charge is 2.05. The van der Waals surface area contributed by atoms with Gasteiger partial charge in [0, 0.05) is 5.39 Å². The van der Waals surface area contributed by atoms with E-state index in [0.717, 1.165) is 0 Å². The average molecular weight is 228 g/mol. The summed E-state index contributed by atoms with van der Waals surface area (Å²) in [6, 6.07) is 4.67. The summed E-state index contributed by atoms with van der Waals surface area (Å²) in [5.74, 6) is 0. The summed E-state index contributed by atoms with van der Waals surface area (Å²) in [5.41, 5.74) is 0.868. The number of hydrogen-bond acceptors (Lipinski definition) is 4. The SMILES string of the molecule is O=Nc1ccc2nc(Cl)nc(Cl)c2c1. The summed E-state index contributed by atoms with van der Waals surface area (Å²) in [5, 5.41) is 3.64. The van der Waals surface area contributed by atoms with Gasteiger partial charge in [-0.1, -0.05) is 11.6 Å². The van der Waals surface area contributed by atoms with Gasteiger partial charge in [0.2, 0.25) is 5.28 Å². The Balaban J connectivity index is 2.81. The van der Waals surface area contributed by atoms with Crippen LogP contribution in [0.15, 0.2) is 23.4 Å². The average Bonchev–Trinajstić information content (AvgIpc) is 2.17. The van der Waals surface area contributed by atoms with E-state index < -0.39 is 0 Å². The second-order valence-corrected chi connectivity index (χ2v) is 3.27. The molecule has 14 heavy (non-hydrogen) atoms. The number of halogens is 2. The monoisotopic (exact) mass is 227 g/mol. The van der Waals surface area contributed by atoms with Crippen LogP contribution in [0, 0.1) is 4.91 Å². The molecule has 4 nitrogen and oxygen atoms in total. The van der Waals surface area contributed by atoms with Crippen molar-refractivity contribution in [1.82, 2.24) is 9.97 Å². The molecule has 2 aromatic rings. The molecule has 0 N–H and O–H groups in total. The maximum Gasteiger partial charge on any atom is 0.224 e. The first-order valence-corrected chi connectivity index (χ1v) is 4.42. The van der Waals surface area contributed by atoms with E-state index in [0.29, 0.717) is 10.9 Å². The second kappa shape index (κ2) is 3.48. The lowest BCUT2D eigenvalue weighted by Crippen LogP contribution is -1.85. The number of benzene rings is 1. The van der Waals surface area contributed by atoms with Crippen molar-refractivity contribution in [3.05, 3.63) is 33.5 Å². The third-order valence-corrected chi connectivity index (χ3v) is 2.17. The van der Waals surface area contributed by atoms with Crippen molar-refractivity contribution in [2.24, 2.45) is 5.18 Å². The summed E-state index contributed by atoms with van der Waals surface area (Å²) >= 11 is 11.4. The van der Waals surface area contributed by atoms with Crippen molar-refractivity contribution >= 4 is 39.8 Å². The van der Waals surface area contributed by atoms with Crippen molar-refractivity contribution in [2.45, 2.75) is 0 Å². The molecule has 6 heteroatoms. The lowest BCUT2D eigenvalue weighted by molar-refractivity contribution is 1.22. The lowest BCUT2D eigenvalue weighted by atomic mass is 10.2. The van der Waals surface area contributed by atoms with Crippen LogP contribution in [0.1, 0.15) is 0 Å².